The van der Waals surface area contributed by atoms with Crippen molar-refractivity contribution >= 4 is 54.3 Å². The Kier molecular flexibility index (Phi) is 6.21. The molecule has 0 atom stereocenters. The predicted molar refractivity (Wildman–Crippen MR) is 196 cm³/mol. The van der Waals surface area contributed by atoms with Crippen molar-refractivity contribution in [2.45, 2.75) is 0 Å². The number of para-hydroxylation sites is 1. The molecular weight excluding hydrogens is 648 g/mol. The lowest BCUT2D eigenvalue weighted by molar-refractivity contribution is 0.350. The van der Waals surface area contributed by atoms with Crippen molar-refractivity contribution in [3.63, 3.8) is 0 Å². The smallest absolute Gasteiger partial charge is 0.204 e. The zero-order valence-corrected chi connectivity index (χ0v) is 26.4. The second-order valence-corrected chi connectivity index (χ2v) is 12.5. The molecule has 9 rings (SSSR count). The zero-order valence-electron chi connectivity index (χ0n) is 26.4. The minimum Gasteiger partial charge on any atom is -0.504 e. The van der Waals surface area contributed by atoms with E-state index < -0.39 is 46.0 Å². The topological polar surface area (TPSA) is 175 Å². The maximum atomic E-state index is 11.6. The first-order chi connectivity index (χ1) is 24.7. The van der Waals surface area contributed by atoms with Crippen molar-refractivity contribution in [1.29, 1.82) is 0 Å². The second kappa shape index (κ2) is 10.6. The Morgan fingerprint density at radius 3 is 1.49 bits per heavy atom. The average Bonchev–Trinajstić information content (AvgIpc) is 3.54. The molecule has 0 amide bonds. The molecule has 0 aliphatic heterocycles. The van der Waals surface area contributed by atoms with E-state index in [-0.39, 0.29) is 32.7 Å². The highest BCUT2D eigenvalue weighted by atomic mass is 16.4. The fourth-order valence-electron chi connectivity index (χ4n) is 7.38. The van der Waals surface area contributed by atoms with Gasteiger partial charge in [0.2, 0.25) is 23.0 Å². The standard InChI is InChI=1S/C42H26O9/c43-35-31-29(22-10-5-9-20(17-22)21-15-16-28-26(18-21)24-12-3-4-14-27(24)51-28)32-34(38(46)42(50)40(48)36(32)44)30(33(31)37(45)41(49)39(35)47)25-13-6-8-19-7-1-2-11-23(19)25/h1-18,43-50H. The Morgan fingerprint density at radius 2 is 0.824 bits per heavy atom. The third kappa shape index (κ3) is 4.09. The fourth-order valence-corrected chi connectivity index (χ4v) is 7.38. The molecule has 9 nitrogen and oxygen atoms in total. The van der Waals surface area contributed by atoms with Gasteiger partial charge in [-0.1, -0.05) is 84.9 Å². The van der Waals surface area contributed by atoms with Crippen molar-refractivity contribution in [2.24, 2.45) is 0 Å². The fraction of sp³-hybridized carbons (Fsp3) is 0. The lowest BCUT2D eigenvalue weighted by Gasteiger charge is -2.23. The summed E-state index contributed by atoms with van der Waals surface area (Å²) < 4.78 is 6.01. The third-order valence-corrected chi connectivity index (χ3v) is 9.71. The number of benzene rings is 8. The summed E-state index contributed by atoms with van der Waals surface area (Å²) in [7, 11) is 0. The van der Waals surface area contributed by atoms with E-state index in [0.717, 1.165) is 27.3 Å². The van der Waals surface area contributed by atoms with Crippen LogP contribution in [0.2, 0.25) is 0 Å². The van der Waals surface area contributed by atoms with Crippen LogP contribution in [0.5, 0.6) is 46.0 Å². The van der Waals surface area contributed by atoms with E-state index in [1.807, 2.05) is 66.7 Å². The number of phenolic OH excluding ortho intramolecular Hbond substituents is 8. The van der Waals surface area contributed by atoms with Crippen LogP contribution in [0.25, 0.3) is 87.6 Å². The molecule has 0 saturated heterocycles. The molecule has 1 heterocycles. The van der Waals surface area contributed by atoms with Crippen molar-refractivity contribution in [3.05, 3.63) is 109 Å². The van der Waals surface area contributed by atoms with Crippen LogP contribution in [0.1, 0.15) is 0 Å². The van der Waals surface area contributed by atoms with Gasteiger partial charge in [-0.25, -0.2) is 0 Å². The number of hydrogen-bond donors (Lipinski definition) is 8. The van der Waals surface area contributed by atoms with Crippen LogP contribution >= 0.6 is 0 Å². The highest BCUT2D eigenvalue weighted by Crippen LogP contribution is 2.62. The summed E-state index contributed by atoms with van der Waals surface area (Å²) in [5.74, 6) is -7.41. The number of aromatic hydroxyl groups is 8. The van der Waals surface area contributed by atoms with Gasteiger partial charge in [-0.15, -0.1) is 0 Å². The highest BCUT2D eigenvalue weighted by molar-refractivity contribution is 6.30. The Balaban J connectivity index is 1.46. The Morgan fingerprint density at radius 1 is 0.333 bits per heavy atom. The lowest BCUT2D eigenvalue weighted by atomic mass is 9.82. The Bertz CT molecular complexity index is 2870. The van der Waals surface area contributed by atoms with Crippen LogP contribution in [0.4, 0.5) is 0 Å². The number of furan rings is 1. The van der Waals surface area contributed by atoms with Crippen LogP contribution in [-0.2, 0) is 0 Å². The SMILES string of the molecule is Oc1c(O)c(O)c2c(-c3cccc4ccccc34)c3c(O)c(O)c(O)c(O)c3c(-c3cccc(-c4ccc5oc6ccccc6c5c4)c3)c2c1O. The first-order valence-electron chi connectivity index (χ1n) is 15.9. The third-order valence-electron chi connectivity index (χ3n) is 9.71. The van der Waals surface area contributed by atoms with Crippen molar-refractivity contribution in [2.75, 3.05) is 0 Å². The van der Waals surface area contributed by atoms with Gasteiger partial charge in [0.05, 0.1) is 0 Å². The van der Waals surface area contributed by atoms with Crippen LogP contribution in [0, 0.1) is 0 Å². The predicted octanol–water partition coefficient (Wildman–Crippen LogP) is 9.69. The van der Waals surface area contributed by atoms with Gasteiger partial charge in [0.25, 0.3) is 0 Å². The minimum absolute atomic E-state index is 0.000178. The molecule has 1 aromatic heterocycles. The molecule has 51 heavy (non-hydrogen) atoms. The van der Waals surface area contributed by atoms with E-state index in [1.165, 1.54) is 0 Å². The molecular formula is C42H26O9. The maximum absolute atomic E-state index is 11.6. The molecule has 8 N–H and O–H groups in total. The van der Waals surface area contributed by atoms with Crippen LogP contribution in [0.15, 0.2) is 114 Å². The van der Waals surface area contributed by atoms with E-state index in [1.54, 1.807) is 42.5 Å². The van der Waals surface area contributed by atoms with Gasteiger partial charge >= 0.3 is 0 Å². The van der Waals surface area contributed by atoms with Gasteiger partial charge < -0.3 is 45.3 Å². The van der Waals surface area contributed by atoms with E-state index in [4.69, 9.17) is 4.42 Å². The van der Waals surface area contributed by atoms with Gasteiger partial charge in [-0.3, -0.25) is 0 Å². The van der Waals surface area contributed by atoms with E-state index >= 15 is 0 Å². The molecule has 0 aliphatic rings. The largest absolute Gasteiger partial charge is 0.504 e. The van der Waals surface area contributed by atoms with Gasteiger partial charge in [-0.05, 0) is 57.3 Å². The van der Waals surface area contributed by atoms with Gasteiger partial charge in [-0.2, -0.15) is 0 Å². The summed E-state index contributed by atoms with van der Waals surface area (Å²) in [6.45, 7) is 0. The summed E-state index contributed by atoms with van der Waals surface area (Å²) in [6, 6.07) is 32.8. The summed E-state index contributed by atoms with van der Waals surface area (Å²) >= 11 is 0. The molecule has 0 bridgehead atoms. The molecule has 8 aromatic carbocycles. The number of rotatable bonds is 3. The van der Waals surface area contributed by atoms with Crippen LogP contribution in [0.3, 0.4) is 0 Å². The van der Waals surface area contributed by atoms with Crippen LogP contribution in [-0.4, -0.2) is 40.9 Å². The van der Waals surface area contributed by atoms with Crippen molar-refractivity contribution in [1.82, 2.24) is 0 Å². The van der Waals surface area contributed by atoms with Gasteiger partial charge in [0.1, 0.15) is 11.2 Å². The molecule has 248 valence electrons. The van der Waals surface area contributed by atoms with Crippen LogP contribution < -0.4 is 0 Å². The van der Waals surface area contributed by atoms with Crippen molar-refractivity contribution < 1.29 is 45.3 Å². The molecule has 0 radical (unpaired) electrons. The Hall–Kier alpha value is -7.26. The monoisotopic (exact) mass is 674 g/mol. The molecule has 9 aromatic rings. The summed E-state index contributed by atoms with van der Waals surface area (Å²) in [6.07, 6.45) is 0. The summed E-state index contributed by atoms with van der Waals surface area (Å²) in [4.78, 5) is 0. The number of hydrogen-bond acceptors (Lipinski definition) is 9. The molecule has 0 unspecified atom stereocenters. The average molecular weight is 675 g/mol. The highest BCUT2D eigenvalue weighted by Gasteiger charge is 2.32. The summed E-state index contributed by atoms with van der Waals surface area (Å²) in [5.41, 5.74) is 3.59. The quantitative estimate of drug-likeness (QED) is 0.0515. The van der Waals surface area contributed by atoms with E-state index in [9.17, 15) is 40.9 Å². The molecule has 0 saturated carbocycles. The molecule has 9 heteroatoms. The van der Waals surface area contributed by atoms with E-state index in [2.05, 4.69) is 0 Å². The maximum Gasteiger partial charge on any atom is 0.204 e. The molecule has 0 aliphatic carbocycles. The first-order valence-corrected chi connectivity index (χ1v) is 15.9. The van der Waals surface area contributed by atoms with Gasteiger partial charge in [0.15, 0.2) is 23.0 Å². The number of fused-ring (bicyclic) bond motifs is 6. The lowest BCUT2D eigenvalue weighted by Crippen LogP contribution is -1.95. The van der Waals surface area contributed by atoms with Crippen molar-refractivity contribution in [3.8, 4) is 79.4 Å². The normalized spacial score (nSPS) is 11.8. The molecule has 0 fully saturated rings. The van der Waals surface area contributed by atoms with Gasteiger partial charge in [0, 0.05) is 43.4 Å². The number of phenols is 8. The molecule has 0 spiro atoms. The first kappa shape index (κ1) is 29.8. The second-order valence-electron chi connectivity index (χ2n) is 12.5. The van der Waals surface area contributed by atoms with E-state index in [0.29, 0.717) is 27.7 Å². The zero-order chi connectivity index (χ0) is 35.3. The minimum atomic E-state index is -1.02. The summed E-state index contributed by atoms with van der Waals surface area (Å²) in [5, 5.41) is 92.5. The Labute approximate surface area is 287 Å².